The molecule has 9 aromatic carbocycles. The normalized spacial score (nSPS) is 11.7. The molecule has 61 heavy (non-hydrogen) atoms. The molecule has 0 atom stereocenters. The molecule has 1 heterocycles. The maximum atomic E-state index is 8.92. The SMILES string of the molecule is N=C(N=C(N=Cc1cccc2sc3ccc(-c4ccc(-c5ccccc5-c5ccc(-c6ccccc6)cc5)cc4)cc3c12)c1cccc(-c2ccccc2)c1)c1ccccc1. The molecule has 10 rings (SSSR count). The molecular formula is C57H39N3S. The van der Waals surface area contributed by atoms with Crippen molar-refractivity contribution in [3.05, 3.63) is 241 Å². The van der Waals surface area contributed by atoms with E-state index in [4.69, 9.17) is 15.4 Å². The Balaban J connectivity index is 0.981. The lowest BCUT2D eigenvalue weighted by atomic mass is 9.92. The molecule has 0 radical (unpaired) electrons. The van der Waals surface area contributed by atoms with E-state index in [9.17, 15) is 0 Å². The molecule has 0 fully saturated rings. The third-order valence-electron chi connectivity index (χ3n) is 11.1. The van der Waals surface area contributed by atoms with Gasteiger partial charge in [-0.1, -0.05) is 200 Å². The van der Waals surface area contributed by atoms with Crippen LogP contribution in [0.1, 0.15) is 16.7 Å². The van der Waals surface area contributed by atoms with E-state index in [0.717, 1.165) is 44.3 Å². The van der Waals surface area contributed by atoms with E-state index < -0.39 is 0 Å². The average Bonchev–Trinajstić information content (AvgIpc) is 3.72. The first-order valence-corrected chi connectivity index (χ1v) is 21.2. The molecule has 0 bridgehead atoms. The second-order valence-corrected chi connectivity index (χ2v) is 16.0. The Bertz CT molecular complexity index is 3220. The summed E-state index contributed by atoms with van der Waals surface area (Å²) >= 11 is 1.79. The molecule has 0 unspecified atom stereocenters. The van der Waals surface area contributed by atoms with Crippen molar-refractivity contribution in [3.63, 3.8) is 0 Å². The Morgan fingerprint density at radius 3 is 1.52 bits per heavy atom. The van der Waals surface area contributed by atoms with Gasteiger partial charge in [-0.25, -0.2) is 9.98 Å². The van der Waals surface area contributed by atoms with Crippen molar-refractivity contribution in [2.24, 2.45) is 9.98 Å². The summed E-state index contributed by atoms with van der Waals surface area (Å²) < 4.78 is 2.42. The van der Waals surface area contributed by atoms with Crippen LogP contribution >= 0.6 is 11.3 Å². The minimum Gasteiger partial charge on any atom is -0.282 e. The number of aliphatic imine (C=N–C) groups is 2. The maximum absolute atomic E-state index is 8.92. The van der Waals surface area contributed by atoms with Gasteiger partial charge in [-0.3, -0.25) is 5.41 Å². The van der Waals surface area contributed by atoms with E-state index in [1.807, 2.05) is 66.9 Å². The van der Waals surface area contributed by atoms with Crippen molar-refractivity contribution >= 4 is 49.4 Å². The van der Waals surface area contributed by atoms with Crippen molar-refractivity contribution in [1.82, 2.24) is 0 Å². The zero-order valence-corrected chi connectivity index (χ0v) is 34.1. The Hall–Kier alpha value is -7.79. The van der Waals surface area contributed by atoms with Crippen LogP contribution in [-0.2, 0) is 0 Å². The minimum absolute atomic E-state index is 0.161. The van der Waals surface area contributed by atoms with Gasteiger partial charge in [-0.2, -0.15) is 0 Å². The number of hydrogen-bond acceptors (Lipinski definition) is 2. The molecule has 3 nitrogen and oxygen atoms in total. The fourth-order valence-corrected chi connectivity index (χ4v) is 9.10. The summed E-state index contributed by atoms with van der Waals surface area (Å²) in [6.07, 6.45) is 1.91. The van der Waals surface area contributed by atoms with Gasteiger partial charge in [0.15, 0.2) is 11.7 Å². The van der Waals surface area contributed by atoms with Crippen LogP contribution in [0.5, 0.6) is 0 Å². The van der Waals surface area contributed by atoms with Gasteiger partial charge < -0.3 is 0 Å². The second kappa shape index (κ2) is 16.8. The molecule has 0 spiro atoms. The van der Waals surface area contributed by atoms with E-state index in [2.05, 4.69) is 164 Å². The van der Waals surface area contributed by atoms with Gasteiger partial charge in [0.1, 0.15) is 0 Å². The molecule has 288 valence electrons. The van der Waals surface area contributed by atoms with Crippen LogP contribution in [-0.4, -0.2) is 17.9 Å². The van der Waals surface area contributed by atoms with E-state index >= 15 is 0 Å². The topological polar surface area (TPSA) is 48.6 Å². The molecule has 1 aromatic heterocycles. The van der Waals surface area contributed by atoms with Crippen molar-refractivity contribution in [2.75, 3.05) is 0 Å². The van der Waals surface area contributed by atoms with Crippen molar-refractivity contribution in [1.29, 1.82) is 5.41 Å². The van der Waals surface area contributed by atoms with Gasteiger partial charge in [0.2, 0.25) is 0 Å². The van der Waals surface area contributed by atoms with E-state index in [0.29, 0.717) is 5.84 Å². The molecule has 0 aliphatic carbocycles. The number of thiophene rings is 1. The Morgan fingerprint density at radius 1 is 0.393 bits per heavy atom. The smallest absolute Gasteiger partial charge is 0.161 e. The first-order chi connectivity index (χ1) is 30.1. The monoisotopic (exact) mass is 797 g/mol. The summed E-state index contributed by atoms with van der Waals surface area (Å²) in [5.74, 6) is 0.642. The second-order valence-electron chi connectivity index (χ2n) is 15.0. The first kappa shape index (κ1) is 37.5. The zero-order chi connectivity index (χ0) is 41.0. The average molecular weight is 798 g/mol. The number of amidine groups is 2. The molecule has 4 heteroatoms. The van der Waals surface area contributed by atoms with E-state index in [1.54, 1.807) is 11.3 Å². The predicted molar refractivity (Wildman–Crippen MR) is 260 cm³/mol. The fourth-order valence-electron chi connectivity index (χ4n) is 7.98. The molecule has 0 saturated carbocycles. The highest BCUT2D eigenvalue weighted by atomic mass is 32.1. The third-order valence-corrected chi connectivity index (χ3v) is 12.2. The van der Waals surface area contributed by atoms with Crippen molar-refractivity contribution in [2.45, 2.75) is 0 Å². The maximum Gasteiger partial charge on any atom is 0.161 e. The molecular weight excluding hydrogens is 759 g/mol. The summed E-state index contributed by atoms with van der Waals surface area (Å²) in [6.45, 7) is 0. The third kappa shape index (κ3) is 7.88. The van der Waals surface area contributed by atoms with Crippen molar-refractivity contribution < 1.29 is 0 Å². The Labute approximate surface area is 359 Å². The van der Waals surface area contributed by atoms with Gasteiger partial charge in [-0.05, 0) is 79.9 Å². The van der Waals surface area contributed by atoms with Crippen LogP contribution in [0.25, 0.3) is 75.8 Å². The molecule has 0 aliphatic heterocycles. The molecule has 0 aliphatic rings. The summed E-state index contributed by atoms with van der Waals surface area (Å²) in [6, 6.07) is 78.3. The molecule has 1 N–H and O–H groups in total. The fraction of sp³-hybridized carbons (Fsp3) is 0. The van der Waals surface area contributed by atoms with Gasteiger partial charge in [0, 0.05) is 43.1 Å². The number of benzene rings is 9. The van der Waals surface area contributed by atoms with Crippen LogP contribution in [0.15, 0.2) is 234 Å². The largest absolute Gasteiger partial charge is 0.282 e. The van der Waals surface area contributed by atoms with Gasteiger partial charge in [0.05, 0.1) is 0 Å². The zero-order valence-electron chi connectivity index (χ0n) is 33.2. The summed E-state index contributed by atoms with van der Waals surface area (Å²) in [5, 5.41) is 11.3. The lowest BCUT2D eigenvalue weighted by Gasteiger charge is -2.12. The van der Waals surface area contributed by atoms with Crippen LogP contribution in [0, 0.1) is 5.41 Å². The lowest BCUT2D eigenvalue weighted by Crippen LogP contribution is -2.05. The van der Waals surface area contributed by atoms with Crippen LogP contribution in [0.4, 0.5) is 0 Å². The number of rotatable bonds is 8. The van der Waals surface area contributed by atoms with Crippen LogP contribution in [0.2, 0.25) is 0 Å². The van der Waals surface area contributed by atoms with Crippen molar-refractivity contribution in [3.8, 4) is 55.6 Å². The highest BCUT2D eigenvalue weighted by Crippen LogP contribution is 2.39. The first-order valence-electron chi connectivity index (χ1n) is 20.4. The van der Waals surface area contributed by atoms with E-state index in [1.165, 1.54) is 48.2 Å². The lowest BCUT2D eigenvalue weighted by molar-refractivity contribution is 1.40. The van der Waals surface area contributed by atoms with Gasteiger partial charge in [0.25, 0.3) is 0 Å². The number of nitrogens with one attached hydrogen (secondary N) is 1. The standard InChI is InChI=1S/C57H39N3S/c58-56(45-18-8-3-9-19-45)60-57(48-21-12-20-46(36-48)40-16-6-2-7-17-40)59-38-49-22-13-25-54-55(49)52-37-47(34-35-53(52)61-54)42-28-32-44(33-29-42)51-24-11-10-23-50(51)43-30-26-41(27-31-43)39-14-4-1-5-15-39/h1-38,58H. The molecule has 0 amide bonds. The Morgan fingerprint density at radius 2 is 0.869 bits per heavy atom. The summed E-state index contributed by atoms with van der Waals surface area (Å²) in [4.78, 5) is 9.88. The highest BCUT2D eigenvalue weighted by Gasteiger charge is 2.13. The molecule has 0 saturated heterocycles. The summed E-state index contributed by atoms with van der Waals surface area (Å²) in [7, 11) is 0. The van der Waals surface area contributed by atoms with Crippen LogP contribution < -0.4 is 0 Å². The minimum atomic E-state index is 0.161. The quantitative estimate of drug-likeness (QED) is 0.118. The predicted octanol–water partition coefficient (Wildman–Crippen LogP) is 15.3. The Kier molecular flexibility index (Phi) is 10.3. The van der Waals surface area contributed by atoms with Gasteiger partial charge in [-0.15, -0.1) is 11.3 Å². The van der Waals surface area contributed by atoms with Gasteiger partial charge >= 0.3 is 0 Å². The number of hydrogen-bond donors (Lipinski definition) is 1. The van der Waals surface area contributed by atoms with Crippen LogP contribution in [0.3, 0.4) is 0 Å². The highest BCUT2D eigenvalue weighted by molar-refractivity contribution is 7.25. The number of fused-ring (bicyclic) bond motifs is 3. The van der Waals surface area contributed by atoms with E-state index in [-0.39, 0.29) is 5.84 Å². The molecule has 10 aromatic rings. The number of nitrogens with zero attached hydrogens (tertiary/aromatic N) is 2. The summed E-state index contributed by atoms with van der Waals surface area (Å²) in [5.41, 5.74) is 14.3.